The zero-order chi connectivity index (χ0) is 19.0. The van der Waals surface area contributed by atoms with Crippen molar-refractivity contribution in [3.8, 4) is 0 Å². The number of nitrogens with one attached hydrogen (secondary N) is 1. The van der Waals surface area contributed by atoms with Gasteiger partial charge in [-0.05, 0) is 25.1 Å². The number of likely N-dealkylation sites (tertiary alicyclic amines) is 1. The number of anilines is 1. The average Bonchev–Trinajstić information content (AvgIpc) is 3.25. The van der Waals surface area contributed by atoms with Gasteiger partial charge in [0.05, 0.1) is 6.54 Å². The summed E-state index contributed by atoms with van der Waals surface area (Å²) in [6.45, 7) is 5.49. The fourth-order valence-corrected chi connectivity index (χ4v) is 4.02. The highest BCUT2D eigenvalue weighted by molar-refractivity contribution is 5.98. The summed E-state index contributed by atoms with van der Waals surface area (Å²) >= 11 is 0. The number of carbonyl (C=O) groups is 3. The highest BCUT2D eigenvalue weighted by Crippen LogP contribution is 2.33. The van der Waals surface area contributed by atoms with Gasteiger partial charge in [-0.3, -0.25) is 9.69 Å². The van der Waals surface area contributed by atoms with E-state index in [0.29, 0.717) is 57.7 Å². The lowest BCUT2D eigenvalue weighted by Crippen LogP contribution is -2.48. The molecule has 4 amide bonds. The van der Waals surface area contributed by atoms with Crippen LogP contribution in [-0.2, 0) is 4.74 Å². The second-order valence-corrected chi connectivity index (χ2v) is 7.29. The number of piperidine rings is 1. The van der Waals surface area contributed by atoms with Crippen molar-refractivity contribution in [1.82, 2.24) is 15.1 Å². The van der Waals surface area contributed by atoms with Crippen molar-refractivity contribution in [2.75, 3.05) is 44.2 Å². The maximum absolute atomic E-state index is 12.9. The van der Waals surface area contributed by atoms with Gasteiger partial charge in [-0.2, -0.15) is 0 Å². The Bertz CT molecular complexity index is 773. The summed E-state index contributed by atoms with van der Waals surface area (Å²) in [6, 6.07) is 7.05. The molecular formula is C19H24N4O4. The van der Waals surface area contributed by atoms with Gasteiger partial charge in [0, 0.05) is 56.8 Å². The fraction of sp³-hybridized carbons (Fsp3) is 0.526. The van der Waals surface area contributed by atoms with Crippen LogP contribution in [0, 0.1) is 0 Å². The number of hydrogen-bond donors (Lipinski definition) is 1. The maximum Gasteiger partial charge on any atom is 0.410 e. The maximum atomic E-state index is 12.9. The highest BCUT2D eigenvalue weighted by Gasteiger charge is 2.47. The molecule has 8 nitrogen and oxygen atoms in total. The van der Waals surface area contributed by atoms with E-state index in [0.717, 1.165) is 5.69 Å². The Kier molecular flexibility index (Phi) is 4.41. The largest absolute Gasteiger partial charge is 0.441 e. The van der Waals surface area contributed by atoms with Crippen LogP contribution in [-0.4, -0.2) is 72.7 Å². The molecule has 1 aromatic rings. The number of amides is 4. The minimum atomic E-state index is -0.459. The Balaban J connectivity index is 1.43. The fourth-order valence-electron chi connectivity index (χ4n) is 4.02. The third-order valence-electron chi connectivity index (χ3n) is 5.65. The molecule has 4 rings (SSSR count). The van der Waals surface area contributed by atoms with Gasteiger partial charge in [-0.15, -0.1) is 0 Å². The number of urea groups is 1. The lowest BCUT2D eigenvalue weighted by atomic mass is 9.91. The van der Waals surface area contributed by atoms with Crippen LogP contribution in [0.2, 0.25) is 0 Å². The molecule has 0 radical (unpaired) electrons. The molecular weight excluding hydrogens is 348 g/mol. The van der Waals surface area contributed by atoms with Crippen LogP contribution in [0.3, 0.4) is 0 Å². The van der Waals surface area contributed by atoms with E-state index in [4.69, 9.17) is 4.74 Å². The topological polar surface area (TPSA) is 82.2 Å². The highest BCUT2D eigenvalue weighted by atomic mass is 16.6. The summed E-state index contributed by atoms with van der Waals surface area (Å²) in [6.07, 6.45) is 1.04. The van der Waals surface area contributed by atoms with Crippen molar-refractivity contribution in [2.24, 2.45) is 0 Å². The average molecular weight is 372 g/mol. The van der Waals surface area contributed by atoms with Crippen LogP contribution < -0.4 is 10.2 Å². The Morgan fingerprint density at radius 3 is 2.63 bits per heavy atom. The molecule has 1 N–H and O–H groups in total. The van der Waals surface area contributed by atoms with Gasteiger partial charge >= 0.3 is 12.1 Å². The molecule has 0 unspecified atom stereocenters. The van der Waals surface area contributed by atoms with Gasteiger partial charge in [-0.25, -0.2) is 9.59 Å². The van der Waals surface area contributed by atoms with E-state index in [1.54, 1.807) is 32.9 Å². The van der Waals surface area contributed by atoms with E-state index in [2.05, 4.69) is 5.32 Å². The van der Waals surface area contributed by atoms with Crippen molar-refractivity contribution in [3.05, 3.63) is 29.8 Å². The molecule has 0 saturated carbocycles. The van der Waals surface area contributed by atoms with Gasteiger partial charge in [0.15, 0.2) is 0 Å². The van der Waals surface area contributed by atoms with E-state index >= 15 is 0 Å². The Labute approximate surface area is 158 Å². The van der Waals surface area contributed by atoms with Crippen LogP contribution >= 0.6 is 0 Å². The second kappa shape index (κ2) is 6.75. The minimum absolute atomic E-state index is 0.0528. The first-order chi connectivity index (χ1) is 13.0. The predicted octanol–water partition coefficient (Wildman–Crippen LogP) is 1.66. The number of benzene rings is 1. The van der Waals surface area contributed by atoms with E-state index in [-0.39, 0.29) is 18.0 Å². The number of ether oxygens (including phenoxy) is 1. The molecule has 3 aliphatic heterocycles. The molecule has 3 fully saturated rings. The summed E-state index contributed by atoms with van der Waals surface area (Å²) in [5.41, 5.74) is 0.841. The van der Waals surface area contributed by atoms with Crippen molar-refractivity contribution in [3.63, 3.8) is 0 Å². The van der Waals surface area contributed by atoms with E-state index in [9.17, 15) is 14.4 Å². The van der Waals surface area contributed by atoms with Gasteiger partial charge < -0.3 is 19.9 Å². The molecule has 0 bridgehead atoms. The number of nitrogens with zero attached hydrogens (tertiary/aromatic N) is 3. The smallest absolute Gasteiger partial charge is 0.410 e. The monoisotopic (exact) mass is 372 g/mol. The van der Waals surface area contributed by atoms with Crippen molar-refractivity contribution in [2.45, 2.75) is 25.4 Å². The zero-order valence-corrected chi connectivity index (χ0v) is 15.4. The van der Waals surface area contributed by atoms with Gasteiger partial charge in [-0.1, -0.05) is 6.07 Å². The molecule has 3 heterocycles. The van der Waals surface area contributed by atoms with Crippen molar-refractivity contribution >= 4 is 23.7 Å². The SMILES string of the molecule is CCN1CC2(CCN(C(=O)c3cccc(N4CCNC4=O)c3)CC2)OC1=O. The molecule has 0 atom stereocenters. The number of rotatable bonds is 3. The molecule has 3 saturated heterocycles. The Morgan fingerprint density at radius 2 is 2.00 bits per heavy atom. The van der Waals surface area contributed by atoms with Crippen LogP contribution in [0.25, 0.3) is 0 Å². The van der Waals surface area contributed by atoms with Crippen LogP contribution in [0.15, 0.2) is 24.3 Å². The van der Waals surface area contributed by atoms with E-state index < -0.39 is 5.60 Å². The molecule has 3 aliphatic rings. The standard InChI is InChI=1S/C19H24N4O4/c1-2-21-13-19(27-18(21)26)6-9-22(10-7-19)16(24)14-4-3-5-15(12-14)23-11-8-20-17(23)25/h3-5,12H,2,6-11,13H2,1H3,(H,20,25). The molecule has 27 heavy (non-hydrogen) atoms. The zero-order valence-electron chi connectivity index (χ0n) is 15.4. The first kappa shape index (κ1) is 17.6. The molecule has 0 aromatic heterocycles. The summed E-state index contributed by atoms with van der Waals surface area (Å²) in [4.78, 5) is 41.8. The molecule has 1 spiro atoms. The molecule has 144 valence electrons. The molecule has 1 aromatic carbocycles. The van der Waals surface area contributed by atoms with Gasteiger partial charge in [0.25, 0.3) is 5.91 Å². The van der Waals surface area contributed by atoms with Crippen molar-refractivity contribution in [1.29, 1.82) is 0 Å². The number of likely N-dealkylation sites (N-methyl/N-ethyl adjacent to an activating group) is 1. The number of carbonyl (C=O) groups excluding carboxylic acids is 3. The molecule has 0 aliphatic carbocycles. The summed E-state index contributed by atoms with van der Waals surface area (Å²) in [5, 5.41) is 2.77. The van der Waals surface area contributed by atoms with Crippen LogP contribution in [0.4, 0.5) is 15.3 Å². The van der Waals surface area contributed by atoms with Crippen LogP contribution in [0.5, 0.6) is 0 Å². The van der Waals surface area contributed by atoms with E-state index in [1.165, 1.54) is 0 Å². The Morgan fingerprint density at radius 1 is 1.22 bits per heavy atom. The lowest BCUT2D eigenvalue weighted by molar-refractivity contribution is 0.00314. The number of hydrogen-bond acceptors (Lipinski definition) is 4. The third kappa shape index (κ3) is 3.20. The summed E-state index contributed by atoms with van der Waals surface area (Å²) in [5.74, 6) is -0.0528. The van der Waals surface area contributed by atoms with Crippen molar-refractivity contribution < 1.29 is 19.1 Å². The summed E-state index contributed by atoms with van der Waals surface area (Å²) < 4.78 is 5.62. The van der Waals surface area contributed by atoms with Gasteiger partial charge in [0.2, 0.25) is 0 Å². The van der Waals surface area contributed by atoms with E-state index in [1.807, 2.05) is 13.0 Å². The second-order valence-electron chi connectivity index (χ2n) is 7.29. The van der Waals surface area contributed by atoms with Gasteiger partial charge in [0.1, 0.15) is 5.60 Å². The normalized spacial score (nSPS) is 21.6. The lowest BCUT2D eigenvalue weighted by Gasteiger charge is -2.37. The minimum Gasteiger partial charge on any atom is -0.441 e. The quantitative estimate of drug-likeness (QED) is 0.875. The molecule has 8 heteroatoms. The first-order valence-electron chi connectivity index (χ1n) is 9.44. The predicted molar refractivity (Wildman–Crippen MR) is 98.8 cm³/mol. The van der Waals surface area contributed by atoms with Crippen LogP contribution in [0.1, 0.15) is 30.1 Å². The third-order valence-corrected chi connectivity index (χ3v) is 5.65. The first-order valence-corrected chi connectivity index (χ1v) is 9.44. The summed E-state index contributed by atoms with van der Waals surface area (Å²) in [7, 11) is 0. The Hall–Kier alpha value is -2.77.